The van der Waals surface area contributed by atoms with E-state index in [0.29, 0.717) is 19.1 Å². The van der Waals surface area contributed by atoms with Gasteiger partial charge in [-0.1, -0.05) is 90.4 Å². The van der Waals surface area contributed by atoms with Crippen LogP contribution in [-0.2, 0) is 27.9 Å². The number of unbranched alkanes of at least 4 members (excludes halogenated alkanes) is 13. The largest absolute Gasteiger partial charge is 0.756 e. The number of phosphoric ester groups is 1. The Morgan fingerprint density at radius 1 is 0.921 bits per heavy atom. The maximum absolute atomic E-state index is 12.4. The lowest BCUT2D eigenvalue weighted by Gasteiger charge is -2.39. The van der Waals surface area contributed by atoms with Crippen molar-refractivity contribution >= 4 is 13.8 Å². The molecule has 5 unspecified atom stereocenters. The summed E-state index contributed by atoms with van der Waals surface area (Å²) in [5, 5.41) is 0. The first-order chi connectivity index (χ1) is 18.2. The van der Waals surface area contributed by atoms with Gasteiger partial charge in [0, 0.05) is 25.9 Å². The molecule has 9 heteroatoms. The van der Waals surface area contributed by atoms with E-state index >= 15 is 0 Å². The van der Waals surface area contributed by atoms with Gasteiger partial charge in [0.1, 0.15) is 18.8 Å². The fraction of sp³-hybridized carbons (Fsp3) is 0.966. The fourth-order valence-corrected chi connectivity index (χ4v) is 6.95. The van der Waals surface area contributed by atoms with Crippen molar-refractivity contribution in [1.82, 2.24) is 0 Å². The van der Waals surface area contributed by atoms with Crippen LogP contribution in [0.4, 0.5) is 0 Å². The van der Waals surface area contributed by atoms with Gasteiger partial charge in [0.05, 0.1) is 33.4 Å². The zero-order chi connectivity index (χ0) is 27.7. The third-order valence-electron chi connectivity index (χ3n) is 7.99. The van der Waals surface area contributed by atoms with E-state index < -0.39 is 19.9 Å². The van der Waals surface area contributed by atoms with Crippen molar-refractivity contribution in [2.45, 2.75) is 129 Å². The van der Waals surface area contributed by atoms with Crippen molar-refractivity contribution < 1.29 is 37.3 Å². The molecule has 5 atom stereocenters. The van der Waals surface area contributed by atoms with Gasteiger partial charge in [-0.05, 0) is 12.8 Å². The maximum atomic E-state index is 12.4. The number of carbonyl (C=O) groups is 1. The summed E-state index contributed by atoms with van der Waals surface area (Å²) >= 11 is 0. The van der Waals surface area contributed by atoms with Crippen molar-refractivity contribution in [2.75, 3.05) is 46.5 Å². The van der Waals surface area contributed by atoms with E-state index in [1.54, 1.807) is 0 Å². The summed E-state index contributed by atoms with van der Waals surface area (Å²) in [5.41, 5.74) is 0. The third kappa shape index (κ3) is 15.3. The molecule has 38 heavy (non-hydrogen) atoms. The summed E-state index contributed by atoms with van der Waals surface area (Å²) in [6.07, 6.45) is 18.9. The Morgan fingerprint density at radius 3 is 2.05 bits per heavy atom. The molecular formula is C29H56NO7P. The van der Waals surface area contributed by atoms with Crippen LogP contribution in [0.3, 0.4) is 0 Å². The molecule has 224 valence electrons. The second kappa shape index (κ2) is 18.8. The monoisotopic (exact) mass is 561 g/mol. The lowest BCUT2D eigenvalue weighted by Crippen LogP contribution is -2.51. The summed E-state index contributed by atoms with van der Waals surface area (Å²) in [4.78, 5) is 23.9. The number of fused-ring (bicyclic) bond motifs is 2. The van der Waals surface area contributed by atoms with E-state index in [-0.39, 0.29) is 19.3 Å². The highest BCUT2D eigenvalue weighted by Gasteiger charge is 2.44. The highest BCUT2D eigenvalue weighted by atomic mass is 31.2. The van der Waals surface area contributed by atoms with Crippen LogP contribution in [0, 0.1) is 5.92 Å². The van der Waals surface area contributed by atoms with Gasteiger partial charge >= 0.3 is 5.97 Å². The Labute approximate surface area is 232 Å². The van der Waals surface area contributed by atoms with Crippen LogP contribution < -0.4 is 4.89 Å². The molecule has 0 saturated carbocycles. The first-order valence-electron chi connectivity index (χ1n) is 15.4. The number of esters is 1. The number of phosphoric acid groups is 1. The minimum absolute atomic E-state index is 0.110. The van der Waals surface area contributed by atoms with Crippen LogP contribution >= 0.6 is 7.82 Å². The number of quaternary nitrogens is 1. The molecule has 2 aliphatic heterocycles. The van der Waals surface area contributed by atoms with Gasteiger partial charge in [0.2, 0.25) is 0 Å². The molecule has 2 rings (SSSR count). The molecular weight excluding hydrogens is 505 g/mol. The molecule has 0 amide bonds. The minimum Gasteiger partial charge on any atom is -0.756 e. The van der Waals surface area contributed by atoms with Crippen molar-refractivity contribution in [3.63, 3.8) is 0 Å². The SMILES string of the molecule is CCCCCCCCCCCCCCCCOCC(COP(=O)([O-])OC1CC2CC[N+](C)(C2)C1)OC(C)=O. The Bertz CT molecular complexity index is 694. The van der Waals surface area contributed by atoms with Crippen molar-refractivity contribution in [3.8, 4) is 0 Å². The Morgan fingerprint density at radius 2 is 1.50 bits per heavy atom. The van der Waals surface area contributed by atoms with Crippen LogP contribution in [0.5, 0.6) is 0 Å². The third-order valence-corrected chi connectivity index (χ3v) is 9.01. The highest BCUT2D eigenvalue weighted by molar-refractivity contribution is 7.45. The van der Waals surface area contributed by atoms with E-state index in [2.05, 4.69) is 14.0 Å². The van der Waals surface area contributed by atoms with E-state index in [1.165, 1.54) is 84.0 Å². The number of rotatable bonds is 23. The van der Waals surface area contributed by atoms with E-state index in [4.69, 9.17) is 18.5 Å². The molecule has 0 aliphatic carbocycles. The normalized spacial score (nSPS) is 25.3. The summed E-state index contributed by atoms with van der Waals surface area (Å²) in [6, 6.07) is 0. The first kappa shape index (κ1) is 33.7. The van der Waals surface area contributed by atoms with Crippen LogP contribution in [0.2, 0.25) is 0 Å². The van der Waals surface area contributed by atoms with Crippen LogP contribution in [0.25, 0.3) is 0 Å². The molecule has 0 aromatic rings. The number of nitrogens with zero attached hydrogens (tertiary/aromatic N) is 1. The van der Waals surface area contributed by atoms with Gasteiger partial charge in [0.15, 0.2) is 0 Å². The Balaban J connectivity index is 1.49. The number of ether oxygens (including phenoxy) is 2. The maximum Gasteiger partial charge on any atom is 0.303 e. The van der Waals surface area contributed by atoms with Gasteiger partial charge in [0.25, 0.3) is 7.82 Å². The van der Waals surface area contributed by atoms with Gasteiger partial charge in [-0.25, -0.2) is 0 Å². The molecule has 2 saturated heterocycles. The van der Waals surface area contributed by atoms with Gasteiger partial charge in [-0.3, -0.25) is 9.36 Å². The summed E-state index contributed by atoms with van der Waals surface area (Å²) in [5.74, 6) is 0.0188. The zero-order valence-electron chi connectivity index (χ0n) is 24.5. The first-order valence-corrected chi connectivity index (χ1v) is 16.9. The lowest BCUT2D eigenvalue weighted by molar-refractivity contribution is -0.905. The number of carbonyl (C=O) groups excluding carboxylic acids is 1. The zero-order valence-corrected chi connectivity index (χ0v) is 25.4. The van der Waals surface area contributed by atoms with E-state index in [9.17, 15) is 14.3 Å². The smallest absolute Gasteiger partial charge is 0.303 e. The van der Waals surface area contributed by atoms with Crippen LogP contribution in [0.15, 0.2) is 0 Å². The second-order valence-corrected chi connectivity index (χ2v) is 13.3. The van der Waals surface area contributed by atoms with Crippen molar-refractivity contribution in [2.24, 2.45) is 5.92 Å². The van der Waals surface area contributed by atoms with Crippen molar-refractivity contribution in [1.29, 1.82) is 0 Å². The summed E-state index contributed by atoms with van der Waals surface area (Å²) in [6.45, 7) is 6.78. The average molecular weight is 562 g/mol. The summed E-state index contributed by atoms with van der Waals surface area (Å²) < 4.78 is 34.7. The lowest BCUT2D eigenvalue weighted by atomic mass is 9.98. The molecule has 0 aromatic heterocycles. The predicted octanol–water partition coefficient (Wildman–Crippen LogP) is 6.16. The summed E-state index contributed by atoms with van der Waals surface area (Å²) in [7, 11) is -2.35. The molecule has 2 bridgehead atoms. The molecule has 8 nitrogen and oxygen atoms in total. The van der Waals surface area contributed by atoms with E-state index in [0.717, 1.165) is 43.3 Å². The van der Waals surface area contributed by atoms with Crippen LogP contribution in [0.1, 0.15) is 117 Å². The number of likely N-dealkylation sites (N-methyl/N-ethyl adjacent to an activating group) is 1. The van der Waals surface area contributed by atoms with Gasteiger partial charge in [-0.15, -0.1) is 0 Å². The van der Waals surface area contributed by atoms with Gasteiger partial charge in [-0.2, -0.15) is 0 Å². The molecule has 0 N–H and O–H groups in total. The molecule has 0 spiro atoms. The number of hydrogen-bond acceptors (Lipinski definition) is 7. The molecule has 2 aliphatic rings. The number of piperidine rings is 1. The molecule has 0 aromatic carbocycles. The van der Waals surface area contributed by atoms with Crippen LogP contribution in [-0.4, -0.2) is 69.2 Å². The quantitative estimate of drug-likeness (QED) is 0.0639. The molecule has 2 fully saturated rings. The molecule has 2 heterocycles. The standard InChI is InChI=1S/C29H56NO7P/c1-4-5-6-7-8-9-10-11-12-13-14-15-16-17-20-34-24-29(36-26(2)31)25-35-38(32,33)37-28-21-27-18-19-30(3,22-27)23-28/h27-29H,4-25H2,1-3H3. The predicted molar refractivity (Wildman–Crippen MR) is 149 cm³/mol. The Hall–Kier alpha value is -0.500. The highest BCUT2D eigenvalue weighted by Crippen LogP contribution is 2.44. The minimum atomic E-state index is -4.50. The Kier molecular flexibility index (Phi) is 16.7. The van der Waals surface area contributed by atoms with Gasteiger partial charge < -0.3 is 27.9 Å². The van der Waals surface area contributed by atoms with Crippen molar-refractivity contribution in [3.05, 3.63) is 0 Å². The topological polar surface area (TPSA) is 94.1 Å². The fourth-order valence-electron chi connectivity index (χ4n) is 6.02. The molecule has 0 radical (unpaired) electrons. The average Bonchev–Trinajstić information content (AvgIpc) is 3.13. The number of hydrogen-bond donors (Lipinski definition) is 0. The second-order valence-electron chi connectivity index (χ2n) is 12.0. The van der Waals surface area contributed by atoms with E-state index in [1.807, 2.05) is 0 Å².